The van der Waals surface area contributed by atoms with E-state index in [1.165, 1.54) is 18.2 Å². The summed E-state index contributed by atoms with van der Waals surface area (Å²) in [5.41, 5.74) is 1.34. The highest BCUT2D eigenvalue weighted by Crippen LogP contribution is 2.13. The molecule has 0 saturated carbocycles. The molecule has 2 rings (SSSR count). The van der Waals surface area contributed by atoms with E-state index in [1.807, 2.05) is 0 Å². The predicted molar refractivity (Wildman–Crippen MR) is 88.3 cm³/mol. The molecule has 1 aromatic rings. The van der Waals surface area contributed by atoms with Crippen LogP contribution in [0.25, 0.3) is 5.57 Å². The van der Waals surface area contributed by atoms with Crippen molar-refractivity contribution < 1.29 is 22.4 Å². The van der Waals surface area contributed by atoms with Gasteiger partial charge in [-0.25, -0.2) is 12.8 Å². The van der Waals surface area contributed by atoms with Gasteiger partial charge in [0.1, 0.15) is 5.82 Å². The molecule has 130 valence electrons. The molecule has 1 aliphatic rings. The summed E-state index contributed by atoms with van der Waals surface area (Å²) in [4.78, 5) is 23.5. The second-order valence-corrected chi connectivity index (χ2v) is 7.95. The first kappa shape index (κ1) is 18.1. The molecule has 2 N–H and O–H groups in total. The van der Waals surface area contributed by atoms with Crippen molar-refractivity contribution in [2.75, 3.05) is 18.1 Å². The largest absolute Gasteiger partial charge is 0.351 e. The van der Waals surface area contributed by atoms with Gasteiger partial charge in [0, 0.05) is 12.1 Å². The average Bonchev–Trinajstić information content (AvgIpc) is 2.84. The van der Waals surface area contributed by atoms with Gasteiger partial charge < -0.3 is 10.6 Å². The lowest BCUT2D eigenvalue weighted by Gasteiger charge is -2.11. The quantitative estimate of drug-likeness (QED) is 0.760. The highest BCUT2D eigenvalue weighted by molar-refractivity contribution is 7.91. The number of sulfone groups is 1. The fourth-order valence-corrected chi connectivity index (χ4v) is 4.07. The summed E-state index contributed by atoms with van der Waals surface area (Å²) in [5, 5.41) is 5.02. The summed E-state index contributed by atoms with van der Waals surface area (Å²) in [6.07, 6.45) is 1.71. The van der Waals surface area contributed by atoms with Gasteiger partial charge >= 0.3 is 0 Å². The fraction of sp³-hybridized carbons (Fsp3) is 0.375. The number of halogens is 1. The van der Waals surface area contributed by atoms with Crippen LogP contribution >= 0.6 is 0 Å². The fourth-order valence-electron chi connectivity index (χ4n) is 2.40. The third-order valence-corrected chi connectivity index (χ3v) is 5.44. The van der Waals surface area contributed by atoms with E-state index in [4.69, 9.17) is 0 Å². The molecule has 8 heteroatoms. The summed E-state index contributed by atoms with van der Waals surface area (Å²) in [6.45, 7) is 1.47. The number of allylic oxidation sites excluding steroid dienone is 1. The molecular formula is C16H19FN2O4S. The number of hydrogen-bond acceptors (Lipinski definition) is 4. The van der Waals surface area contributed by atoms with Crippen LogP contribution in [0.2, 0.25) is 0 Å². The molecule has 1 atom stereocenters. The standard InChI is InChI=1S/C16H19FN2O4S/c1-11(12-2-4-13(17)5-3-12)8-15(20)18-9-16(21)19-14-6-7-24(22,23)10-14/h2-5,8,14H,6-7,9-10H2,1H3,(H,18,20)(H,19,21)/b11-8+/t14-/m1/s1. The normalized spacial score (nSPS) is 19.8. The minimum absolute atomic E-state index is 0.0593. The summed E-state index contributed by atoms with van der Waals surface area (Å²) < 4.78 is 35.5. The molecule has 24 heavy (non-hydrogen) atoms. The Kier molecular flexibility index (Phi) is 5.71. The van der Waals surface area contributed by atoms with Crippen molar-refractivity contribution in [3.8, 4) is 0 Å². The second-order valence-electron chi connectivity index (χ2n) is 5.72. The molecule has 2 amide bonds. The topological polar surface area (TPSA) is 92.3 Å². The third kappa shape index (κ3) is 5.45. The van der Waals surface area contributed by atoms with Crippen molar-refractivity contribution in [1.29, 1.82) is 0 Å². The Hall–Kier alpha value is -2.22. The maximum absolute atomic E-state index is 12.9. The summed E-state index contributed by atoms with van der Waals surface area (Å²) in [5.74, 6) is -1.23. The Labute approximate surface area is 140 Å². The molecule has 0 bridgehead atoms. The maximum Gasteiger partial charge on any atom is 0.244 e. The molecule has 0 aliphatic carbocycles. The number of amides is 2. The Morgan fingerprint density at radius 3 is 2.54 bits per heavy atom. The number of hydrogen-bond donors (Lipinski definition) is 2. The Bertz CT molecular complexity index is 757. The third-order valence-electron chi connectivity index (χ3n) is 3.67. The van der Waals surface area contributed by atoms with Crippen molar-refractivity contribution >= 4 is 27.2 Å². The van der Waals surface area contributed by atoms with E-state index in [1.54, 1.807) is 19.1 Å². The van der Waals surface area contributed by atoms with Gasteiger partial charge in [0.15, 0.2) is 9.84 Å². The van der Waals surface area contributed by atoms with Gasteiger partial charge in [-0.1, -0.05) is 12.1 Å². The van der Waals surface area contributed by atoms with Crippen LogP contribution in [0, 0.1) is 5.82 Å². The average molecular weight is 354 g/mol. The van der Waals surface area contributed by atoms with E-state index < -0.39 is 27.7 Å². The first-order valence-electron chi connectivity index (χ1n) is 7.47. The molecule has 0 aromatic heterocycles. The van der Waals surface area contributed by atoms with Gasteiger partial charge in [0.2, 0.25) is 11.8 Å². The number of carbonyl (C=O) groups is 2. The summed E-state index contributed by atoms with van der Waals surface area (Å²) in [6, 6.07) is 5.32. The smallest absolute Gasteiger partial charge is 0.244 e. The van der Waals surface area contributed by atoms with E-state index in [0.29, 0.717) is 17.6 Å². The van der Waals surface area contributed by atoms with E-state index in [2.05, 4.69) is 10.6 Å². The maximum atomic E-state index is 12.9. The summed E-state index contributed by atoms with van der Waals surface area (Å²) >= 11 is 0. The monoisotopic (exact) mass is 354 g/mol. The second kappa shape index (κ2) is 7.57. The molecule has 0 unspecified atom stereocenters. The highest BCUT2D eigenvalue weighted by Gasteiger charge is 2.28. The molecule has 1 fully saturated rings. The van der Waals surface area contributed by atoms with Gasteiger partial charge in [0.25, 0.3) is 0 Å². The molecule has 0 radical (unpaired) electrons. The van der Waals surface area contributed by atoms with Crippen LogP contribution in [0.3, 0.4) is 0 Å². The Morgan fingerprint density at radius 1 is 1.29 bits per heavy atom. The minimum atomic E-state index is -3.06. The van der Waals surface area contributed by atoms with Crippen LogP contribution in [0.15, 0.2) is 30.3 Å². The van der Waals surface area contributed by atoms with E-state index >= 15 is 0 Å². The van der Waals surface area contributed by atoms with Crippen LogP contribution in [0.1, 0.15) is 18.9 Å². The van der Waals surface area contributed by atoms with Crippen molar-refractivity contribution in [1.82, 2.24) is 10.6 Å². The van der Waals surface area contributed by atoms with Gasteiger partial charge in [0.05, 0.1) is 18.1 Å². The SMILES string of the molecule is C/C(=C\C(=O)NCC(=O)N[C@@H]1CCS(=O)(=O)C1)c1ccc(F)cc1. The minimum Gasteiger partial charge on any atom is -0.351 e. The van der Waals surface area contributed by atoms with Crippen LogP contribution in [-0.4, -0.2) is 44.3 Å². The molecule has 6 nitrogen and oxygen atoms in total. The zero-order chi connectivity index (χ0) is 17.7. The Balaban J connectivity index is 1.81. The van der Waals surface area contributed by atoms with Crippen LogP contribution in [-0.2, 0) is 19.4 Å². The van der Waals surface area contributed by atoms with Gasteiger partial charge in [-0.3, -0.25) is 9.59 Å². The van der Waals surface area contributed by atoms with Crippen molar-refractivity contribution in [3.63, 3.8) is 0 Å². The first-order chi connectivity index (χ1) is 11.2. The van der Waals surface area contributed by atoms with Gasteiger partial charge in [-0.2, -0.15) is 0 Å². The lowest BCUT2D eigenvalue weighted by Crippen LogP contribution is -2.42. The van der Waals surface area contributed by atoms with E-state index in [-0.39, 0.29) is 23.9 Å². The van der Waals surface area contributed by atoms with Gasteiger partial charge in [-0.05, 0) is 36.6 Å². The molecule has 1 aromatic carbocycles. The van der Waals surface area contributed by atoms with Crippen molar-refractivity contribution in [2.24, 2.45) is 0 Å². The van der Waals surface area contributed by atoms with Crippen molar-refractivity contribution in [2.45, 2.75) is 19.4 Å². The lowest BCUT2D eigenvalue weighted by atomic mass is 10.1. The van der Waals surface area contributed by atoms with E-state index in [9.17, 15) is 22.4 Å². The van der Waals surface area contributed by atoms with E-state index in [0.717, 1.165) is 0 Å². The van der Waals surface area contributed by atoms with Gasteiger partial charge in [-0.15, -0.1) is 0 Å². The number of benzene rings is 1. The molecule has 1 aliphatic heterocycles. The lowest BCUT2D eigenvalue weighted by molar-refractivity contribution is -0.124. The summed E-state index contributed by atoms with van der Waals surface area (Å²) in [7, 11) is -3.06. The first-order valence-corrected chi connectivity index (χ1v) is 9.29. The Morgan fingerprint density at radius 2 is 1.96 bits per heavy atom. The molecular weight excluding hydrogens is 335 g/mol. The highest BCUT2D eigenvalue weighted by atomic mass is 32.2. The zero-order valence-corrected chi connectivity index (χ0v) is 14.0. The molecule has 1 heterocycles. The van der Waals surface area contributed by atoms with Crippen molar-refractivity contribution in [3.05, 3.63) is 41.7 Å². The number of nitrogens with one attached hydrogen (secondary N) is 2. The predicted octanol–water partition coefficient (Wildman–Crippen LogP) is 0.649. The number of carbonyl (C=O) groups excluding carboxylic acids is 2. The zero-order valence-electron chi connectivity index (χ0n) is 13.2. The van der Waals surface area contributed by atoms with Crippen LogP contribution < -0.4 is 10.6 Å². The molecule has 1 saturated heterocycles. The number of rotatable bonds is 5. The van der Waals surface area contributed by atoms with Crippen LogP contribution in [0.4, 0.5) is 4.39 Å². The van der Waals surface area contributed by atoms with Crippen LogP contribution in [0.5, 0.6) is 0 Å². The molecule has 0 spiro atoms.